The Morgan fingerprint density at radius 1 is 1.00 bits per heavy atom. The summed E-state index contributed by atoms with van der Waals surface area (Å²) in [5, 5.41) is 0. The smallest absolute Gasteiger partial charge is 0.357 e. The highest BCUT2D eigenvalue weighted by Gasteiger charge is 2.67. The molecule has 0 unspecified atom stereocenters. The Hall–Kier alpha value is -4.43. The third-order valence-corrected chi connectivity index (χ3v) is 8.20. The van der Waals surface area contributed by atoms with Gasteiger partial charge in [-0.2, -0.15) is 0 Å². The molecule has 11 heteroatoms. The molecule has 5 rings (SSSR count). The predicted molar refractivity (Wildman–Crippen MR) is 152 cm³/mol. The average Bonchev–Trinajstić information content (AvgIpc) is 3.49. The molecule has 0 saturated carbocycles. The standard InChI is InChI=1S/C30H26BrN3O7/c1-5-6-15-33-20-10-8-7-9-19(20)30-16-21(26(36)39-2)34(25(35)17-11-13-18(31)14-12-17)29(30)32-23(28(38)41-4)22(24(30)33)27(37)40-3/h7-14,21,24H,15-16H2,1-4H3/t21-,24-,30-/m0/s1. The number of esters is 3. The van der Waals surface area contributed by atoms with Crippen molar-refractivity contribution in [3.05, 3.63) is 75.4 Å². The van der Waals surface area contributed by atoms with Crippen LogP contribution in [-0.4, -0.2) is 74.5 Å². The fourth-order valence-electron chi connectivity index (χ4n) is 6.02. The molecule has 2 aromatic carbocycles. The van der Waals surface area contributed by atoms with Gasteiger partial charge in [-0.25, -0.2) is 19.4 Å². The maximum Gasteiger partial charge on any atom is 0.357 e. The maximum atomic E-state index is 14.2. The van der Waals surface area contributed by atoms with Gasteiger partial charge < -0.3 is 19.1 Å². The van der Waals surface area contributed by atoms with Gasteiger partial charge in [0.1, 0.15) is 11.9 Å². The number of halogens is 1. The Bertz CT molecular complexity index is 1590. The zero-order valence-electron chi connectivity index (χ0n) is 22.8. The van der Waals surface area contributed by atoms with Crippen LogP contribution in [0.1, 0.15) is 29.3 Å². The molecule has 0 bridgehead atoms. The summed E-state index contributed by atoms with van der Waals surface area (Å²) in [5.41, 5.74) is 0.182. The van der Waals surface area contributed by atoms with Crippen LogP contribution in [0.25, 0.3) is 0 Å². The highest BCUT2D eigenvalue weighted by molar-refractivity contribution is 9.10. The minimum atomic E-state index is -1.21. The van der Waals surface area contributed by atoms with Gasteiger partial charge in [0.25, 0.3) is 5.91 Å². The molecule has 2 aromatic rings. The SMILES string of the molecule is CC#CCN1c2ccccc2[C@]23C[C@@H](C(=O)OC)N(C(=O)c4ccc(Br)cc4)C2=NC(C(=O)OC)=C(C(=O)OC)[C@H]13. The molecule has 10 nitrogen and oxygen atoms in total. The van der Waals surface area contributed by atoms with E-state index in [0.29, 0.717) is 5.56 Å². The van der Waals surface area contributed by atoms with Crippen molar-refractivity contribution >= 4 is 51.3 Å². The molecule has 1 amide bonds. The van der Waals surface area contributed by atoms with Crippen molar-refractivity contribution < 1.29 is 33.4 Å². The van der Waals surface area contributed by atoms with Crippen LogP contribution in [0, 0.1) is 11.8 Å². The van der Waals surface area contributed by atoms with Crippen molar-refractivity contribution in [3.8, 4) is 11.8 Å². The first kappa shape index (κ1) is 28.1. The second-order valence-electron chi connectivity index (χ2n) is 9.55. The number of nitrogens with zero attached hydrogens (tertiary/aromatic N) is 3. The fourth-order valence-corrected chi connectivity index (χ4v) is 6.29. The molecule has 3 aliphatic heterocycles. The van der Waals surface area contributed by atoms with Crippen molar-refractivity contribution in [1.29, 1.82) is 0 Å². The lowest BCUT2D eigenvalue weighted by Gasteiger charge is -2.40. The molecular formula is C30H26BrN3O7. The molecule has 1 saturated heterocycles. The maximum absolute atomic E-state index is 14.2. The number of hydrogen-bond donors (Lipinski definition) is 0. The summed E-state index contributed by atoms with van der Waals surface area (Å²) in [7, 11) is 3.63. The third kappa shape index (κ3) is 4.21. The van der Waals surface area contributed by atoms with E-state index >= 15 is 0 Å². The summed E-state index contributed by atoms with van der Waals surface area (Å²) in [6, 6.07) is 12.1. The monoisotopic (exact) mass is 619 g/mol. The van der Waals surface area contributed by atoms with Gasteiger partial charge in [0, 0.05) is 15.7 Å². The van der Waals surface area contributed by atoms with Gasteiger partial charge >= 0.3 is 17.9 Å². The molecule has 0 N–H and O–H groups in total. The third-order valence-electron chi connectivity index (χ3n) is 7.67. The predicted octanol–water partition coefficient (Wildman–Crippen LogP) is 3.00. The largest absolute Gasteiger partial charge is 0.467 e. The quantitative estimate of drug-likeness (QED) is 0.285. The van der Waals surface area contributed by atoms with Gasteiger partial charge in [0.2, 0.25) is 0 Å². The number of carbonyl (C=O) groups is 4. The highest BCUT2D eigenvalue weighted by Crippen LogP contribution is 2.57. The number of anilines is 1. The van der Waals surface area contributed by atoms with Gasteiger partial charge in [-0.15, -0.1) is 5.92 Å². The van der Waals surface area contributed by atoms with E-state index in [1.54, 1.807) is 31.2 Å². The summed E-state index contributed by atoms with van der Waals surface area (Å²) in [6.45, 7) is 1.88. The summed E-state index contributed by atoms with van der Waals surface area (Å²) >= 11 is 3.38. The van der Waals surface area contributed by atoms with Crippen molar-refractivity contribution in [2.45, 2.75) is 30.8 Å². The number of benzene rings is 2. The van der Waals surface area contributed by atoms with Crippen LogP contribution in [0.5, 0.6) is 0 Å². The van der Waals surface area contributed by atoms with Gasteiger partial charge in [0.15, 0.2) is 5.70 Å². The van der Waals surface area contributed by atoms with Crippen molar-refractivity contribution in [2.75, 3.05) is 32.8 Å². The highest BCUT2D eigenvalue weighted by atomic mass is 79.9. The molecule has 0 radical (unpaired) electrons. The van der Waals surface area contributed by atoms with E-state index in [9.17, 15) is 19.2 Å². The van der Waals surface area contributed by atoms with Crippen molar-refractivity contribution in [2.24, 2.45) is 4.99 Å². The lowest BCUT2D eigenvalue weighted by Crippen LogP contribution is -2.56. The second kappa shape index (κ2) is 10.9. The Morgan fingerprint density at radius 2 is 1.68 bits per heavy atom. The second-order valence-corrected chi connectivity index (χ2v) is 10.5. The van der Waals surface area contributed by atoms with Gasteiger partial charge in [-0.3, -0.25) is 9.69 Å². The minimum absolute atomic E-state index is 0.0352. The molecule has 1 fully saturated rings. The summed E-state index contributed by atoms with van der Waals surface area (Å²) in [6.07, 6.45) is 0.0352. The zero-order valence-corrected chi connectivity index (χ0v) is 24.4. The topological polar surface area (TPSA) is 115 Å². The number of amides is 1. The van der Waals surface area contributed by atoms with E-state index in [1.165, 1.54) is 26.2 Å². The Labute approximate surface area is 245 Å². The lowest BCUT2D eigenvalue weighted by atomic mass is 9.69. The molecule has 0 aromatic heterocycles. The van der Waals surface area contributed by atoms with E-state index in [0.717, 1.165) is 15.7 Å². The van der Waals surface area contributed by atoms with Crippen LogP contribution in [-0.2, 0) is 34.0 Å². The summed E-state index contributed by atoms with van der Waals surface area (Å²) in [5.74, 6) is 3.22. The van der Waals surface area contributed by atoms with Crippen LogP contribution in [0.2, 0.25) is 0 Å². The van der Waals surface area contributed by atoms with E-state index in [-0.39, 0.29) is 30.1 Å². The number of methoxy groups -OCH3 is 3. The molecule has 0 aliphatic carbocycles. The number of amidine groups is 1. The zero-order chi connectivity index (χ0) is 29.5. The first-order valence-electron chi connectivity index (χ1n) is 12.7. The molecule has 1 spiro atoms. The van der Waals surface area contributed by atoms with Gasteiger partial charge in [-0.1, -0.05) is 40.0 Å². The molecule has 41 heavy (non-hydrogen) atoms. The number of ether oxygens (including phenoxy) is 3. The molecular weight excluding hydrogens is 594 g/mol. The van der Waals surface area contributed by atoms with Crippen LogP contribution in [0.3, 0.4) is 0 Å². The number of hydrogen-bond acceptors (Lipinski definition) is 9. The van der Waals surface area contributed by atoms with Crippen molar-refractivity contribution in [1.82, 2.24) is 4.90 Å². The lowest BCUT2D eigenvalue weighted by molar-refractivity contribution is -0.144. The molecule has 3 aliphatic rings. The van der Waals surface area contributed by atoms with Crippen LogP contribution in [0.15, 0.2) is 69.3 Å². The Balaban J connectivity index is 1.86. The van der Waals surface area contributed by atoms with Gasteiger partial charge in [0.05, 0.1) is 44.9 Å². The number of para-hydroxylation sites is 1. The van der Waals surface area contributed by atoms with Gasteiger partial charge in [-0.05, 0) is 49.2 Å². The van der Waals surface area contributed by atoms with E-state index in [2.05, 4.69) is 32.8 Å². The summed E-state index contributed by atoms with van der Waals surface area (Å²) in [4.78, 5) is 62.0. The number of carbonyl (C=O) groups excluding carboxylic acids is 4. The van der Waals surface area contributed by atoms with Crippen molar-refractivity contribution in [3.63, 3.8) is 0 Å². The summed E-state index contributed by atoms with van der Waals surface area (Å²) < 4.78 is 16.1. The molecule has 3 atom stereocenters. The Morgan fingerprint density at radius 3 is 2.32 bits per heavy atom. The normalized spacial score (nSPS) is 22.0. The average molecular weight is 620 g/mol. The number of aliphatic imine (C=N–C) groups is 1. The first-order valence-corrected chi connectivity index (χ1v) is 13.5. The fraction of sp³-hybridized carbons (Fsp3) is 0.300. The van der Waals surface area contributed by atoms with E-state index < -0.39 is 41.3 Å². The number of fused-ring (bicyclic) bond motifs is 1. The number of rotatable bonds is 5. The van der Waals surface area contributed by atoms with Crippen LogP contribution in [0.4, 0.5) is 5.69 Å². The van der Waals surface area contributed by atoms with Crippen LogP contribution >= 0.6 is 15.9 Å². The van der Waals surface area contributed by atoms with Crippen LogP contribution < -0.4 is 4.90 Å². The molecule has 210 valence electrons. The van der Waals surface area contributed by atoms with E-state index in [1.807, 2.05) is 29.2 Å². The first-order chi connectivity index (χ1) is 19.7. The molecule has 3 heterocycles. The van der Waals surface area contributed by atoms with E-state index in [4.69, 9.17) is 14.2 Å². The Kier molecular flexibility index (Phi) is 7.44. The number of likely N-dealkylation sites (tertiary alicyclic amines) is 1. The minimum Gasteiger partial charge on any atom is -0.467 e.